The number of rotatable bonds is 30. The minimum Gasteiger partial charge on any atom is -0.507 e. The Hall–Kier alpha value is -1.96. The van der Waals surface area contributed by atoms with Gasteiger partial charge in [0.15, 0.2) is 0 Å². The molecule has 4 unspecified atom stereocenters. The van der Waals surface area contributed by atoms with Crippen molar-refractivity contribution in [1.82, 2.24) is 0 Å². The summed E-state index contributed by atoms with van der Waals surface area (Å²) in [5.74, 6) is 3.36. The average molecular weight is 705 g/mol. The highest BCUT2D eigenvalue weighted by molar-refractivity contribution is 5.49. The van der Waals surface area contributed by atoms with Crippen LogP contribution in [-0.2, 0) is 32.1 Å². The molecule has 2 aromatic rings. The fourth-order valence-electron chi connectivity index (χ4n) is 8.31. The third-order valence-electron chi connectivity index (χ3n) is 11.5. The zero-order valence-electron chi connectivity index (χ0n) is 35.2. The van der Waals surface area contributed by atoms with Gasteiger partial charge in [0, 0.05) is 0 Å². The topological polar surface area (TPSA) is 40.5 Å². The lowest BCUT2D eigenvalue weighted by molar-refractivity contribution is 0.429. The molecule has 0 amide bonds. The van der Waals surface area contributed by atoms with Crippen molar-refractivity contribution in [2.24, 2.45) is 23.7 Å². The van der Waals surface area contributed by atoms with E-state index in [0.717, 1.165) is 54.4 Å². The average Bonchev–Trinajstić information content (AvgIpc) is 3.09. The predicted octanol–water partition coefficient (Wildman–Crippen LogP) is 15.3. The van der Waals surface area contributed by atoms with Crippen molar-refractivity contribution < 1.29 is 10.2 Å². The molecule has 0 fully saturated rings. The molecule has 0 saturated carbocycles. The Labute approximate surface area is 318 Å². The Morgan fingerprint density at radius 3 is 0.824 bits per heavy atom. The van der Waals surface area contributed by atoms with Crippen LogP contribution < -0.4 is 0 Å². The van der Waals surface area contributed by atoms with Crippen LogP contribution in [-0.4, -0.2) is 10.2 Å². The Balaban J connectivity index is 2.42. The first-order valence-corrected chi connectivity index (χ1v) is 22.3. The Morgan fingerprint density at radius 2 is 0.608 bits per heavy atom. The summed E-state index contributed by atoms with van der Waals surface area (Å²) in [6, 6.07) is 9.30. The molecular weight excluding hydrogens is 621 g/mol. The van der Waals surface area contributed by atoms with Gasteiger partial charge in [-0.15, -0.1) is 0 Å². The molecule has 2 aromatic carbocycles. The summed E-state index contributed by atoms with van der Waals surface area (Å²) in [5, 5.41) is 23.4. The van der Waals surface area contributed by atoms with Gasteiger partial charge in [0.05, 0.1) is 0 Å². The van der Waals surface area contributed by atoms with E-state index in [4.69, 9.17) is 0 Å². The summed E-state index contributed by atoms with van der Waals surface area (Å²) in [6.45, 7) is 18.6. The van der Waals surface area contributed by atoms with E-state index in [9.17, 15) is 10.2 Å². The SMILES string of the molecule is CCCCCCC(C)Cc1cc(Cc2cc(CC(C)CCCCCC)c(O)c(CC(C)CCCCCC)c2)cc(CC(C)CCCCCC)c1O. The van der Waals surface area contributed by atoms with E-state index in [-0.39, 0.29) is 0 Å². The largest absolute Gasteiger partial charge is 0.507 e. The van der Waals surface area contributed by atoms with Crippen molar-refractivity contribution in [1.29, 1.82) is 0 Å². The predicted molar refractivity (Wildman–Crippen MR) is 226 cm³/mol. The van der Waals surface area contributed by atoms with E-state index in [1.807, 2.05) is 0 Å². The molecule has 0 aliphatic carbocycles. The van der Waals surface area contributed by atoms with Crippen LogP contribution in [0.2, 0.25) is 0 Å². The van der Waals surface area contributed by atoms with Crippen LogP contribution in [0.4, 0.5) is 0 Å². The number of unbranched alkanes of at least 4 members (excludes halogenated alkanes) is 12. The molecule has 0 spiro atoms. The highest BCUT2D eigenvalue weighted by atomic mass is 16.3. The fraction of sp³-hybridized carbons (Fsp3) is 0.755. The number of hydrogen-bond donors (Lipinski definition) is 2. The second-order valence-electron chi connectivity index (χ2n) is 17.3. The molecule has 2 heteroatoms. The summed E-state index contributed by atoms with van der Waals surface area (Å²) >= 11 is 0. The first kappa shape index (κ1) is 45.2. The van der Waals surface area contributed by atoms with E-state index in [1.165, 1.54) is 140 Å². The molecule has 0 aromatic heterocycles. The zero-order valence-corrected chi connectivity index (χ0v) is 35.2. The first-order chi connectivity index (χ1) is 24.6. The van der Waals surface area contributed by atoms with E-state index >= 15 is 0 Å². The molecule has 2 N–H and O–H groups in total. The third kappa shape index (κ3) is 18.6. The van der Waals surface area contributed by atoms with Gasteiger partial charge in [-0.3, -0.25) is 0 Å². The lowest BCUT2D eigenvalue weighted by Gasteiger charge is -2.21. The number of benzene rings is 2. The van der Waals surface area contributed by atoms with Crippen molar-refractivity contribution in [3.8, 4) is 11.5 Å². The monoisotopic (exact) mass is 705 g/mol. The highest BCUT2D eigenvalue weighted by Crippen LogP contribution is 2.35. The molecule has 0 heterocycles. The molecule has 292 valence electrons. The molecule has 0 aliphatic heterocycles. The first-order valence-electron chi connectivity index (χ1n) is 22.3. The second-order valence-corrected chi connectivity index (χ2v) is 17.3. The third-order valence-corrected chi connectivity index (χ3v) is 11.5. The number of phenolic OH excluding ortho intramolecular Hbond substituents is 2. The summed E-state index contributed by atoms with van der Waals surface area (Å²) in [5.41, 5.74) is 7.20. The van der Waals surface area contributed by atoms with Gasteiger partial charge in [0.1, 0.15) is 11.5 Å². The summed E-state index contributed by atoms with van der Waals surface area (Å²) < 4.78 is 0. The summed E-state index contributed by atoms with van der Waals surface area (Å²) in [7, 11) is 0. The minimum atomic E-state index is 0.556. The van der Waals surface area contributed by atoms with E-state index in [1.54, 1.807) is 0 Å². The molecular formula is C49H84O2. The normalized spacial score (nSPS) is 14.1. The molecule has 51 heavy (non-hydrogen) atoms. The van der Waals surface area contributed by atoms with Crippen LogP contribution in [0.5, 0.6) is 11.5 Å². The van der Waals surface area contributed by atoms with E-state index < -0.39 is 0 Å². The van der Waals surface area contributed by atoms with Crippen molar-refractivity contribution in [2.45, 2.75) is 216 Å². The maximum atomic E-state index is 11.7. The van der Waals surface area contributed by atoms with Gasteiger partial charge in [-0.05, 0) is 89.2 Å². The van der Waals surface area contributed by atoms with Crippen LogP contribution in [0, 0.1) is 23.7 Å². The number of aromatic hydroxyl groups is 2. The van der Waals surface area contributed by atoms with Crippen LogP contribution in [0.1, 0.15) is 217 Å². The van der Waals surface area contributed by atoms with Gasteiger partial charge in [-0.1, -0.05) is 208 Å². The van der Waals surface area contributed by atoms with Crippen molar-refractivity contribution in [2.75, 3.05) is 0 Å². The standard InChI is InChI=1S/C49H84O2/c1-9-13-17-21-25-38(5)29-44-34-42(35-45(48(44)50)30-39(6)26-22-18-14-10-2)33-43-36-46(31-40(7)27-23-19-15-11-3)49(51)47(37-43)32-41(8)28-24-20-16-12-4/h34-41,50-51H,9-33H2,1-8H3. The zero-order chi connectivity index (χ0) is 37.4. The summed E-state index contributed by atoms with van der Waals surface area (Å²) in [4.78, 5) is 0. The lowest BCUT2D eigenvalue weighted by atomic mass is 9.86. The van der Waals surface area contributed by atoms with Gasteiger partial charge in [0.2, 0.25) is 0 Å². The van der Waals surface area contributed by atoms with E-state index in [2.05, 4.69) is 79.7 Å². The Kier molecular flexibility index (Phi) is 23.7. The molecule has 0 radical (unpaired) electrons. The second kappa shape index (κ2) is 26.7. The van der Waals surface area contributed by atoms with Crippen molar-refractivity contribution in [3.63, 3.8) is 0 Å². The van der Waals surface area contributed by atoms with Crippen LogP contribution in [0.15, 0.2) is 24.3 Å². The van der Waals surface area contributed by atoms with Crippen LogP contribution >= 0.6 is 0 Å². The maximum Gasteiger partial charge on any atom is 0.121 e. The Morgan fingerprint density at radius 1 is 0.373 bits per heavy atom. The highest BCUT2D eigenvalue weighted by Gasteiger charge is 2.19. The lowest BCUT2D eigenvalue weighted by Crippen LogP contribution is -2.07. The molecule has 2 nitrogen and oxygen atoms in total. The summed E-state index contributed by atoms with van der Waals surface area (Å²) in [6.07, 6.45) is 30.3. The fourth-order valence-corrected chi connectivity index (χ4v) is 8.31. The van der Waals surface area contributed by atoms with Crippen molar-refractivity contribution in [3.05, 3.63) is 57.6 Å². The van der Waals surface area contributed by atoms with Crippen LogP contribution in [0.3, 0.4) is 0 Å². The van der Waals surface area contributed by atoms with Gasteiger partial charge in [-0.25, -0.2) is 0 Å². The van der Waals surface area contributed by atoms with E-state index in [0.29, 0.717) is 35.2 Å². The van der Waals surface area contributed by atoms with Crippen LogP contribution in [0.25, 0.3) is 0 Å². The molecule has 2 rings (SSSR count). The molecule has 0 saturated heterocycles. The minimum absolute atomic E-state index is 0.556. The maximum absolute atomic E-state index is 11.7. The molecule has 0 aliphatic rings. The number of phenols is 2. The van der Waals surface area contributed by atoms with Gasteiger partial charge < -0.3 is 10.2 Å². The molecule has 4 atom stereocenters. The molecule has 0 bridgehead atoms. The smallest absolute Gasteiger partial charge is 0.121 e. The van der Waals surface area contributed by atoms with Gasteiger partial charge in [0.25, 0.3) is 0 Å². The van der Waals surface area contributed by atoms with Gasteiger partial charge >= 0.3 is 0 Å². The quantitative estimate of drug-likeness (QED) is 0.0795. The van der Waals surface area contributed by atoms with Crippen molar-refractivity contribution >= 4 is 0 Å². The van der Waals surface area contributed by atoms with Gasteiger partial charge in [-0.2, -0.15) is 0 Å². The Bertz CT molecular complexity index is 1010. The number of hydrogen-bond acceptors (Lipinski definition) is 2.